The number of ether oxygens (including phenoxy) is 1. The first-order valence-corrected chi connectivity index (χ1v) is 14.1. The van der Waals surface area contributed by atoms with Crippen LogP contribution in [-0.4, -0.2) is 67.9 Å². The highest BCUT2D eigenvalue weighted by Crippen LogP contribution is 2.36. The fourth-order valence-corrected chi connectivity index (χ4v) is 6.91. The Morgan fingerprint density at radius 1 is 1.06 bits per heavy atom. The molecule has 190 valence electrons. The number of benzene rings is 1. The third-order valence-corrected chi connectivity index (χ3v) is 9.26. The smallest absolute Gasteiger partial charge is 0.279 e. The molecule has 8 nitrogen and oxygen atoms in total. The van der Waals surface area contributed by atoms with E-state index in [0.29, 0.717) is 51.0 Å². The lowest BCUT2D eigenvalue weighted by Gasteiger charge is -2.41. The van der Waals surface area contributed by atoms with Gasteiger partial charge in [0.2, 0.25) is 0 Å². The second-order valence-corrected chi connectivity index (χ2v) is 11.6. The van der Waals surface area contributed by atoms with Crippen LogP contribution in [0.2, 0.25) is 0 Å². The Bertz CT molecular complexity index is 1080. The first kappa shape index (κ1) is 24.5. The molecule has 1 aromatic carbocycles. The third-order valence-electron chi connectivity index (χ3n) is 7.61. The zero-order chi connectivity index (χ0) is 24.3. The average molecular weight is 504 g/mol. The zero-order valence-electron chi connectivity index (χ0n) is 19.9. The molecule has 1 aromatic heterocycles. The average Bonchev–Trinajstić information content (AvgIpc) is 2.83. The van der Waals surface area contributed by atoms with E-state index in [0.717, 1.165) is 43.5 Å². The summed E-state index contributed by atoms with van der Waals surface area (Å²) in [5.41, 5.74) is 1.08. The molecule has 0 radical (unpaired) electrons. The van der Waals surface area contributed by atoms with Gasteiger partial charge in [-0.05, 0) is 80.2 Å². The molecular weight excluding hydrogens is 469 g/mol. The van der Waals surface area contributed by atoms with Crippen LogP contribution >= 0.6 is 0 Å². The van der Waals surface area contributed by atoms with Crippen molar-refractivity contribution in [1.29, 1.82) is 0 Å². The molecule has 2 atom stereocenters. The van der Waals surface area contributed by atoms with Gasteiger partial charge in [-0.2, -0.15) is 22.5 Å². The van der Waals surface area contributed by atoms with Crippen molar-refractivity contribution in [2.24, 2.45) is 5.92 Å². The van der Waals surface area contributed by atoms with Crippen molar-refractivity contribution >= 4 is 16.0 Å². The van der Waals surface area contributed by atoms with Crippen LogP contribution in [0.15, 0.2) is 42.6 Å². The van der Waals surface area contributed by atoms with E-state index < -0.39 is 10.2 Å². The van der Waals surface area contributed by atoms with Crippen molar-refractivity contribution < 1.29 is 17.5 Å². The van der Waals surface area contributed by atoms with Gasteiger partial charge in [0.05, 0.1) is 12.1 Å². The van der Waals surface area contributed by atoms with Gasteiger partial charge in [-0.15, -0.1) is 5.10 Å². The molecule has 0 spiro atoms. The van der Waals surface area contributed by atoms with Gasteiger partial charge in [-0.3, -0.25) is 0 Å². The van der Waals surface area contributed by atoms with Gasteiger partial charge in [0.25, 0.3) is 10.2 Å². The largest absolute Gasteiger partial charge is 0.374 e. The molecule has 1 aliphatic carbocycles. The fourth-order valence-electron chi connectivity index (χ4n) is 5.37. The maximum Gasteiger partial charge on any atom is 0.279 e. The zero-order valence-corrected chi connectivity index (χ0v) is 20.7. The lowest BCUT2D eigenvalue weighted by atomic mass is 9.79. The maximum absolute atomic E-state index is 13.6. The SMILES string of the molecule is O=S(=O)(N[C@H]1CCN(c2cccnn2)C[C@H]1OCC1CCC(c2cccc(F)c2)CC1)N1CCC1. The minimum Gasteiger partial charge on any atom is -0.374 e. The molecule has 0 unspecified atom stereocenters. The van der Waals surface area contributed by atoms with Crippen molar-refractivity contribution in [3.8, 4) is 0 Å². The number of aromatic nitrogens is 2. The molecule has 2 saturated heterocycles. The van der Waals surface area contributed by atoms with Crippen LogP contribution < -0.4 is 9.62 Å². The van der Waals surface area contributed by atoms with Gasteiger partial charge >= 0.3 is 0 Å². The predicted molar refractivity (Wildman–Crippen MR) is 132 cm³/mol. The number of nitrogens with one attached hydrogen (secondary N) is 1. The maximum atomic E-state index is 13.6. The number of hydrogen-bond donors (Lipinski definition) is 1. The van der Waals surface area contributed by atoms with E-state index in [1.807, 2.05) is 18.2 Å². The summed E-state index contributed by atoms with van der Waals surface area (Å²) < 4.78 is 50.0. The molecule has 3 heterocycles. The molecule has 0 amide bonds. The highest BCUT2D eigenvalue weighted by molar-refractivity contribution is 7.87. The van der Waals surface area contributed by atoms with Crippen LogP contribution in [0, 0.1) is 11.7 Å². The summed E-state index contributed by atoms with van der Waals surface area (Å²) in [6.07, 6.45) is 6.98. The van der Waals surface area contributed by atoms with Gasteiger partial charge in [-0.1, -0.05) is 12.1 Å². The molecule has 3 aliphatic rings. The Kier molecular flexibility index (Phi) is 7.62. The molecule has 3 fully saturated rings. The summed E-state index contributed by atoms with van der Waals surface area (Å²) in [5, 5.41) is 8.22. The number of halogens is 1. The van der Waals surface area contributed by atoms with Crippen LogP contribution in [0.25, 0.3) is 0 Å². The Morgan fingerprint density at radius 3 is 2.57 bits per heavy atom. The predicted octanol–water partition coefficient (Wildman–Crippen LogP) is 3.09. The topological polar surface area (TPSA) is 87.7 Å². The molecule has 0 bridgehead atoms. The quantitative estimate of drug-likeness (QED) is 0.596. The molecule has 1 N–H and O–H groups in total. The van der Waals surface area contributed by atoms with Crippen molar-refractivity contribution in [2.75, 3.05) is 37.7 Å². The number of piperidine rings is 1. The van der Waals surface area contributed by atoms with E-state index in [1.165, 1.54) is 10.4 Å². The van der Waals surface area contributed by atoms with Crippen LogP contribution in [0.4, 0.5) is 10.2 Å². The number of rotatable bonds is 8. The summed E-state index contributed by atoms with van der Waals surface area (Å²) in [5.74, 6) is 1.41. The van der Waals surface area contributed by atoms with E-state index in [1.54, 1.807) is 18.3 Å². The number of anilines is 1. The van der Waals surface area contributed by atoms with E-state index in [4.69, 9.17) is 4.74 Å². The van der Waals surface area contributed by atoms with Gasteiger partial charge < -0.3 is 9.64 Å². The van der Waals surface area contributed by atoms with Crippen molar-refractivity contribution in [3.05, 3.63) is 54.0 Å². The highest BCUT2D eigenvalue weighted by Gasteiger charge is 2.37. The summed E-state index contributed by atoms with van der Waals surface area (Å²) in [4.78, 5) is 2.12. The normalized spacial score (nSPS) is 28.0. The Morgan fingerprint density at radius 2 is 1.89 bits per heavy atom. The number of hydrogen-bond acceptors (Lipinski definition) is 6. The van der Waals surface area contributed by atoms with Gasteiger partial charge in [0.1, 0.15) is 5.82 Å². The van der Waals surface area contributed by atoms with Crippen LogP contribution in [0.5, 0.6) is 0 Å². The van der Waals surface area contributed by atoms with Gasteiger partial charge in [0, 0.05) is 39.0 Å². The van der Waals surface area contributed by atoms with Crippen molar-refractivity contribution in [3.63, 3.8) is 0 Å². The van der Waals surface area contributed by atoms with Crippen LogP contribution in [0.3, 0.4) is 0 Å². The highest BCUT2D eigenvalue weighted by atomic mass is 32.2. The number of nitrogens with zero attached hydrogens (tertiary/aromatic N) is 4. The second kappa shape index (κ2) is 10.9. The first-order chi connectivity index (χ1) is 17.0. The summed E-state index contributed by atoms with van der Waals surface area (Å²) in [6, 6.07) is 10.4. The van der Waals surface area contributed by atoms with Crippen LogP contribution in [0.1, 0.15) is 50.0 Å². The molecule has 1 saturated carbocycles. The molecule has 5 rings (SSSR count). The van der Waals surface area contributed by atoms with Gasteiger partial charge in [-0.25, -0.2) is 4.39 Å². The van der Waals surface area contributed by atoms with Crippen LogP contribution in [-0.2, 0) is 14.9 Å². The second-order valence-electron chi connectivity index (χ2n) is 9.94. The fraction of sp³-hybridized carbons (Fsp3) is 0.600. The minimum absolute atomic E-state index is 0.176. The first-order valence-electron chi connectivity index (χ1n) is 12.6. The minimum atomic E-state index is -3.50. The molecule has 2 aliphatic heterocycles. The summed E-state index contributed by atoms with van der Waals surface area (Å²) in [6.45, 7) is 2.99. The summed E-state index contributed by atoms with van der Waals surface area (Å²) in [7, 11) is -3.50. The van der Waals surface area contributed by atoms with Crippen molar-refractivity contribution in [1.82, 2.24) is 19.2 Å². The Hall–Kier alpha value is -2.14. The van der Waals surface area contributed by atoms with E-state index in [2.05, 4.69) is 19.8 Å². The lowest BCUT2D eigenvalue weighted by molar-refractivity contribution is -0.00176. The lowest BCUT2D eigenvalue weighted by Crippen LogP contribution is -2.59. The molecule has 35 heavy (non-hydrogen) atoms. The van der Waals surface area contributed by atoms with E-state index in [9.17, 15) is 12.8 Å². The molecule has 10 heteroatoms. The monoisotopic (exact) mass is 503 g/mol. The Labute approximate surface area is 207 Å². The van der Waals surface area contributed by atoms with E-state index in [-0.39, 0.29) is 18.0 Å². The standard InChI is InChI=1S/C25H34FN5O3S/c26-22-5-1-4-21(16-22)20-9-7-19(8-10-20)18-34-24-17-30(25-6-2-12-27-28-25)15-11-23(24)29-35(32,33)31-13-3-14-31/h1-2,4-6,12,16,19-20,23-24,29H,3,7-11,13-15,17-18H2/t19?,20?,23-,24+/m0/s1. The third kappa shape index (κ3) is 5.99. The Balaban J connectivity index is 1.20. The molecular formula is C25H34FN5O3S. The van der Waals surface area contributed by atoms with Gasteiger partial charge in [0.15, 0.2) is 5.82 Å². The summed E-state index contributed by atoms with van der Waals surface area (Å²) >= 11 is 0. The van der Waals surface area contributed by atoms with Crippen molar-refractivity contribution in [2.45, 2.75) is 56.6 Å². The van der Waals surface area contributed by atoms with E-state index >= 15 is 0 Å². The molecule has 2 aromatic rings.